The van der Waals surface area contributed by atoms with E-state index in [0.29, 0.717) is 50.1 Å². The molecule has 3 aliphatic rings. The fourth-order valence-electron chi connectivity index (χ4n) is 4.32. The number of carboxylic acid groups (broad SMARTS) is 1. The number of amides is 1. The minimum absolute atomic E-state index is 0.0193. The Morgan fingerprint density at radius 1 is 1.29 bits per heavy atom. The number of ether oxygens (including phenoxy) is 2. The number of halogens is 2. The maximum absolute atomic E-state index is 14.1. The van der Waals surface area contributed by atoms with Crippen molar-refractivity contribution in [2.45, 2.75) is 57.1 Å². The zero-order valence-corrected chi connectivity index (χ0v) is 16.6. The standard InChI is InChI=1S/C20H23ClFNO5/c1-11-16-14(17(24)25)9-13(21)10-15(16)28-19(2,27-11)12-3-7-23(8-4-12)18(26)20(22)5-6-20/h9-12H,3-8H2,1-2H3,(H,24,25). The van der Waals surface area contributed by atoms with Crippen molar-refractivity contribution in [3.63, 3.8) is 0 Å². The Morgan fingerprint density at radius 2 is 1.93 bits per heavy atom. The number of hydrogen-bond acceptors (Lipinski definition) is 4. The largest absolute Gasteiger partial charge is 0.478 e. The van der Waals surface area contributed by atoms with Crippen molar-refractivity contribution in [1.29, 1.82) is 0 Å². The van der Waals surface area contributed by atoms with Gasteiger partial charge >= 0.3 is 5.97 Å². The Hall–Kier alpha value is -1.86. The monoisotopic (exact) mass is 411 g/mol. The minimum atomic E-state index is -1.65. The van der Waals surface area contributed by atoms with Crippen LogP contribution in [0.25, 0.3) is 0 Å². The van der Waals surface area contributed by atoms with E-state index in [-0.39, 0.29) is 16.5 Å². The second-order valence-corrected chi connectivity index (χ2v) is 8.52. The van der Waals surface area contributed by atoms with Gasteiger partial charge < -0.3 is 19.5 Å². The van der Waals surface area contributed by atoms with Crippen molar-refractivity contribution in [3.8, 4) is 5.75 Å². The Balaban J connectivity index is 1.52. The van der Waals surface area contributed by atoms with E-state index in [4.69, 9.17) is 21.1 Å². The third-order valence-electron chi connectivity index (χ3n) is 6.06. The molecule has 2 fully saturated rings. The van der Waals surface area contributed by atoms with Gasteiger partial charge in [-0.25, -0.2) is 9.18 Å². The summed E-state index contributed by atoms with van der Waals surface area (Å²) >= 11 is 6.09. The average Bonchev–Trinajstić information content (AvgIpc) is 3.38. The quantitative estimate of drug-likeness (QED) is 0.814. The number of hydrogen-bond donors (Lipinski definition) is 1. The molecule has 28 heavy (non-hydrogen) atoms. The molecule has 0 bridgehead atoms. The normalized spacial score (nSPS) is 29.0. The van der Waals surface area contributed by atoms with E-state index >= 15 is 0 Å². The minimum Gasteiger partial charge on any atom is -0.478 e. The van der Waals surface area contributed by atoms with Crippen LogP contribution in [0.5, 0.6) is 5.75 Å². The number of alkyl halides is 1. The molecule has 1 aromatic carbocycles. The third-order valence-corrected chi connectivity index (χ3v) is 6.28. The van der Waals surface area contributed by atoms with Crippen molar-refractivity contribution in [2.75, 3.05) is 13.1 Å². The molecule has 8 heteroatoms. The zero-order valence-electron chi connectivity index (χ0n) is 15.8. The summed E-state index contributed by atoms with van der Waals surface area (Å²) in [6, 6.07) is 3.00. The number of piperidine rings is 1. The molecule has 1 aliphatic carbocycles. The van der Waals surface area contributed by atoms with Gasteiger partial charge in [-0.1, -0.05) is 11.6 Å². The molecule has 1 saturated carbocycles. The van der Waals surface area contributed by atoms with E-state index in [1.165, 1.54) is 6.07 Å². The smallest absolute Gasteiger partial charge is 0.336 e. The maximum Gasteiger partial charge on any atom is 0.336 e. The first-order chi connectivity index (χ1) is 13.1. The predicted molar refractivity (Wildman–Crippen MR) is 99.3 cm³/mol. The molecule has 6 nitrogen and oxygen atoms in total. The number of carboxylic acids is 1. The third kappa shape index (κ3) is 3.24. The molecule has 1 saturated heterocycles. The Labute approximate surface area is 167 Å². The first-order valence-corrected chi connectivity index (χ1v) is 9.92. The first-order valence-electron chi connectivity index (χ1n) is 9.55. The molecule has 4 rings (SSSR count). The molecule has 0 aromatic heterocycles. The second-order valence-electron chi connectivity index (χ2n) is 8.08. The summed E-state index contributed by atoms with van der Waals surface area (Å²) in [6.07, 6.45) is 1.38. The van der Waals surface area contributed by atoms with Gasteiger partial charge in [0.25, 0.3) is 5.91 Å². The van der Waals surface area contributed by atoms with E-state index in [1.807, 2.05) is 6.92 Å². The summed E-state index contributed by atoms with van der Waals surface area (Å²) in [5.41, 5.74) is -1.11. The molecular formula is C20H23ClFNO5. The lowest BCUT2D eigenvalue weighted by molar-refractivity contribution is -0.250. The van der Waals surface area contributed by atoms with Crippen LogP contribution in [0.4, 0.5) is 4.39 Å². The predicted octanol–water partition coefficient (Wildman–Crippen LogP) is 3.97. The van der Waals surface area contributed by atoms with E-state index in [0.717, 1.165) is 0 Å². The van der Waals surface area contributed by atoms with E-state index in [9.17, 15) is 19.1 Å². The van der Waals surface area contributed by atoms with Crippen molar-refractivity contribution < 1.29 is 28.6 Å². The highest BCUT2D eigenvalue weighted by Gasteiger charge is 2.54. The van der Waals surface area contributed by atoms with E-state index < -0.39 is 29.4 Å². The molecule has 0 spiro atoms. The van der Waals surface area contributed by atoms with Gasteiger partial charge in [0.05, 0.1) is 11.7 Å². The number of benzene rings is 1. The Bertz CT molecular complexity index is 834. The SMILES string of the molecule is CC1OC(C)(C2CCN(C(=O)C3(F)CC3)CC2)Oc2cc(Cl)cc(C(=O)O)c21. The molecule has 2 atom stereocenters. The van der Waals surface area contributed by atoms with Gasteiger partial charge in [0, 0.05) is 36.5 Å². The molecule has 0 radical (unpaired) electrons. The van der Waals surface area contributed by atoms with Crippen LogP contribution in [-0.2, 0) is 9.53 Å². The van der Waals surface area contributed by atoms with E-state index in [2.05, 4.69) is 0 Å². The van der Waals surface area contributed by atoms with Gasteiger partial charge in [0.15, 0.2) is 5.67 Å². The fourth-order valence-corrected chi connectivity index (χ4v) is 4.53. The Kier molecular flexibility index (Phi) is 4.58. The number of aromatic carboxylic acids is 1. The van der Waals surface area contributed by atoms with E-state index in [1.54, 1.807) is 17.9 Å². The van der Waals surface area contributed by atoms with Crippen LogP contribution in [0.15, 0.2) is 12.1 Å². The van der Waals surface area contributed by atoms with Crippen LogP contribution >= 0.6 is 11.6 Å². The first kappa shape index (κ1) is 19.5. The maximum atomic E-state index is 14.1. The lowest BCUT2D eigenvalue weighted by Gasteiger charge is -2.46. The summed E-state index contributed by atoms with van der Waals surface area (Å²) in [6.45, 7) is 4.52. The summed E-state index contributed by atoms with van der Waals surface area (Å²) in [5, 5.41) is 9.76. The van der Waals surface area contributed by atoms with Crippen LogP contribution in [0.1, 0.15) is 61.6 Å². The van der Waals surface area contributed by atoms with Crippen molar-refractivity contribution in [1.82, 2.24) is 4.90 Å². The highest BCUT2D eigenvalue weighted by atomic mass is 35.5. The van der Waals surface area contributed by atoms with Crippen LogP contribution in [0.2, 0.25) is 5.02 Å². The molecule has 1 N–H and O–H groups in total. The van der Waals surface area contributed by atoms with Gasteiger partial charge in [-0.15, -0.1) is 0 Å². The highest BCUT2D eigenvalue weighted by molar-refractivity contribution is 6.31. The fraction of sp³-hybridized carbons (Fsp3) is 0.600. The van der Waals surface area contributed by atoms with Crippen molar-refractivity contribution >= 4 is 23.5 Å². The van der Waals surface area contributed by atoms with Gasteiger partial charge in [-0.2, -0.15) is 0 Å². The summed E-state index contributed by atoms with van der Waals surface area (Å²) in [4.78, 5) is 25.4. The van der Waals surface area contributed by atoms with Gasteiger partial charge in [-0.3, -0.25) is 4.79 Å². The van der Waals surface area contributed by atoms with Gasteiger partial charge in [0.2, 0.25) is 5.79 Å². The molecule has 1 amide bonds. The summed E-state index contributed by atoms with van der Waals surface area (Å²) in [5.74, 6) is -2.08. The number of fused-ring (bicyclic) bond motifs is 1. The van der Waals surface area contributed by atoms with Crippen LogP contribution in [0.3, 0.4) is 0 Å². The van der Waals surface area contributed by atoms with Crippen LogP contribution in [0, 0.1) is 5.92 Å². The zero-order chi connectivity index (χ0) is 20.3. The van der Waals surface area contributed by atoms with Gasteiger partial charge in [-0.05, 0) is 44.7 Å². The number of carbonyl (C=O) groups excluding carboxylic acids is 1. The average molecular weight is 412 g/mol. The molecule has 2 aliphatic heterocycles. The van der Waals surface area contributed by atoms with Gasteiger partial charge in [0.1, 0.15) is 5.75 Å². The topological polar surface area (TPSA) is 76.1 Å². The molecule has 2 unspecified atom stereocenters. The van der Waals surface area contributed by atoms with Crippen molar-refractivity contribution in [2.24, 2.45) is 5.92 Å². The number of rotatable bonds is 3. The second kappa shape index (κ2) is 6.59. The molecule has 1 aromatic rings. The molecule has 2 heterocycles. The van der Waals surface area contributed by atoms with Crippen LogP contribution < -0.4 is 4.74 Å². The lowest BCUT2D eigenvalue weighted by atomic mass is 9.87. The summed E-state index contributed by atoms with van der Waals surface area (Å²) < 4.78 is 26.3. The molecule has 152 valence electrons. The lowest BCUT2D eigenvalue weighted by Crippen LogP contribution is -2.52. The number of nitrogens with zero attached hydrogens (tertiary/aromatic N) is 1. The number of carbonyl (C=O) groups is 2. The van der Waals surface area contributed by atoms with Crippen molar-refractivity contribution in [3.05, 3.63) is 28.3 Å². The van der Waals surface area contributed by atoms with Crippen LogP contribution in [-0.4, -0.2) is 46.4 Å². The number of likely N-dealkylation sites (tertiary alicyclic amines) is 1. The summed E-state index contributed by atoms with van der Waals surface area (Å²) in [7, 11) is 0. The highest BCUT2D eigenvalue weighted by Crippen LogP contribution is 2.47. The Morgan fingerprint density at radius 3 is 2.50 bits per heavy atom. The molecular weight excluding hydrogens is 389 g/mol.